The molecular weight excluding hydrogens is 406 g/mol. The molecule has 1 heterocycles. The molecule has 7 nitrogen and oxygen atoms in total. The molecule has 1 saturated heterocycles. The van der Waals surface area contributed by atoms with Gasteiger partial charge < -0.3 is 15.6 Å². The zero-order chi connectivity index (χ0) is 21.5. The quantitative estimate of drug-likeness (QED) is 0.589. The molecule has 1 aliphatic heterocycles. The third-order valence-electron chi connectivity index (χ3n) is 5.27. The Morgan fingerprint density at radius 1 is 1.10 bits per heavy atom. The second kappa shape index (κ2) is 10.5. The number of carbonyl (C=O) groups excluding carboxylic acids is 1. The highest BCUT2D eigenvalue weighted by Gasteiger charge is 2.34. The lowest BCUT2D eigenvalue weighted by molar-refractivity contribution is -0.142. The van der Waals surface area contributed by atoms with Crippen LogP contribution in [-0.4, -0.2) is 72.2 Å². The molecule has 1 fully saturated rings. The molecule has 0 aromatic heterocycles. The molecule has 3 rings (SSSR count). The molecule has 2 aromatic carbocycles. The summed E-state index contributed by atoms with van der Waals surface area (Å²) in [6, 6.07) is 17.4. The second-order valence-corrected chi connectivity index (χ2v) is 7.70. The van der Waals surface area contributed by atoms with Crippen molar-refractivity contribution >= 4 is 23.5 Å². The van der Waals surface area contributed by atoms with E-state index in [4.69, 9.17) is 27.2 Å². The summed E-state index contributed by atoms with van der Waals surface area (Å²) in [5.74, 6) is -1.42. The molecule has 8 heteroatoms. The van der Waals surface area contributed by atoms with Gasteiger partial charge >= 0.3 is 5.97 Å². The first-order chi connectivity index (χ1) is 14.5. The molecule has 1 aliphatic rings. The van der Waals surface area contributed by atoms with Gasteiger partial charge in [-0.1, -0.05) is 54.1 Å². The minimum Gasteiger partial charge on any atom is -0.480 e. The van der Waals surface area contributed by atoms with Crippen molar-refractivity contribution in [3.63, 3.8) is 0 Å². The van der Waals surface area contributed by atoms with E-state index in [2.05, 4.69) is 17.0 Å². The lowest BCUT2D eigenvalue weighted by Crippen LogP contribution is -2.59. The lowest BCUT2D eigenvalue weighted by atomic mass is 9.95. The molecule has 160 valence electrons. The smallest absolute Gasteiger partial charge is 0.329 e. The summed E-state index contributed by atoms with van der Waals surface area (Å²) >= 11 is 6.08. The van der Waals surface area contributed by atoms with E-state index in [1.165, 1.54) is 0 Å². The van der Waals surface area contributed by atoms with Crippen LogP contribution in [0.3, 0.4) is 0 Å². The van der Waals surface area contributed by atoms with E-state index in [0.29, 0.717) is 24.7 Å². The SMILES string of the molecule is NC(=O)[C@H]1CN([C@H](c2ccccc2)c2ccc(Cl)cc2)CCN1CCOCC(=O)O. The second-order valence-electron chi connectivity index (χ2n) is 7.26. The first kappa shape index (κ1) is 22.2. The van der Waals surface area contributed by atoms with Gasteiger partial charge in [0.05, 0.1) is 12.6 Å². The largest absolute Gasteiger partial charge is 0.480 e. The number of carbonyl (C=O) groups is 2. The maximum Gasteiger partial charge on any atom is 0.329 e. The molecule has 0 aliphatic carbocycles. The highest BCUT2D eigenvalue weighted by Crippen LogP contribution is 2.31. The van der Waals surface area contributed by atoms with Gasteiger partial charge in [-0.3, -0.25) is 14.6 Å². The van der Waals surface area contributed by atoms with E-state index in [-0.39, 0.29) is 19.3 Å². The molecule has 0 bridgehead atoms. The maximum absolute atomic E-state index is 12.2. The number of ether oxygens (including phenoxy) is 1. The van der Waals surface area contributed by atoms with Crippen LogP contribution in [0.5, 0.6) is 0 Å². The van der Waals surface area contributed by atoms with E-state index in [1.807, 2.05) is 47.4 Å². The van der Waals surface area contributed by atoms with Crippen molar-refractivity contribution in [1.29, 1.82) is 0 Å². The van der Waals surface area contributed by atoms with Crippen LogP contribution in [0.15, 0.2) is 54.6 Å². The average molecular weight is 432 g/mol. The fourth-order valence-electron chi connectivity index (χ4n) is 3.85. The minimum atomic E-state index is -1.01. The molecule has 2 aromatic rings. The number of carboxylic acid groups (broad SMARTS) is 1. The van der Waals surface area contributed by atoms with Gasteiger partial charge in [-0.15, -0.1) is 0 Å². The number of carboxylic acids is 1. The predicted molar refractivity (Wildman–Crippen MR) is 114 cm³/mol. The monoisotopic (exact) mass is 431 g/mol. The van der Waals surface area contributed by atoms with Gasteiger partial charge in [0.2, 0.25) is 5.91 Å². The van der Waals surface area contributed by atoms with Gasteiger partial charge in [-0.25, -0.2) is 4.79 Å². The Hall–Kier alpha value is -2.45. The van der Waals surface area contributed by atoms with Crippen LogP contribution in [-0.2, 0) is 14.3 Å². The van der Waals surface area contributed by atoms with Crippen LogP contribution in [0.1, 0.15) is 17.2 Å². The highest BCUT2D eigenvalue weighted by molar-refractivity contribution is 6.30. The van der Waals surface area contributed by atoms with Crippen molar-refractivity contribution < 1.29 is 19.4 Å². The summed E-state index contributed by atoms with van der Waals surface area (Å²) < 4.78 is 5.13. The first-order valence-corrected chi connectivity index (χ1v) is 10.2. The van der Waals surface area contributed by atoms with Gasteiger partial charge in [0.1, 0.15) is 12.6 Å². The Labute approximate surface area is 181 Å². The average Bonchev–Trinajstić information content (AvgIpc) is 2.74. The Kier molecular flexibility index (Phi) is 7.81. The van der Waals surface area contributed by atoms with Crippen LogP contribution < -0.4 is 5.73 Å². The number of hydrogen-bond donors (Lipinski definition) is 2. The van der Waals surface area contributed by atoms with Crippen molar-refractivity contribution in [1.82, 2.24) is 9.80 Å². The normalized spacial score (nSPS) is 18.8. The Morgan fingerprint density at radius 2 is 1.77 bits per heavy atom. The summed E-state index contributed by atoms with van der Waals surface area (Å²) in [4.78, 5) is 27.0. The maximum atomic E-state index is 12.2. The van der Waals surface area contributed by atoms with Crippen LogP contribution in [0.25, 0.3) is 0 Å². The third-order valence-corrected chi connectivity index (χ3v) is 5.52. The molecule has 3 N–H and O–H groups in total. The number of rotatable bonds is 9. The number of halogens is 1. The number of benzene rings is 2. The highest BCUT2D eigenvalue weighted by atomic mass is 35.5. The summed E-state index contributed by atoms with van der Waals surface area (Å²) in [6.07, 6.45) is 0. The number of nitrogens with zero attached hydrogens (tertiary/aromatic N) is 2. The Bertz CT molecular complexity index is 847. The number of nitrogens with two attached hydrogens (primary N) is 1. The fourth-order valence-corrected chi connectivity index (χ4v) is 3.98. The van der Waals surface area contributed by atoms with Crippen LogP contribution in [0.4, 0.5) is 0 Å². The summed E-state index contributed by atoms with van der Waals surface area (Å²) in [5.41, 5.74) is 7.93. The van der Waals surface area contributed by atoms with E-state index in [0.717, 1.165) is 17.7 Å². The number of piperazine rings is 1. The molecule has 1 amide bonds. The molecule has 0 spiro atoms. The van der Waals surface area contributed by atoms with Crippen molar-refractivity contribution in [2.24, 2.45) is 5.73 Å². The first-order valence-electron chi connectivity index (χ1n) is 9.83. The van der Waals surface area contributed by atoms with Crippen LogP contribution >= 0.6 is 11.6 Å². The van der Waals surface area contributed by atoms with Gasteiger partial charge in [-0.2, -0.15) is 0 Å². The van der Waals surface area contributed by atoms with Gasteiger partial charge in [0, 0.05) is 31.2 Å². The van der Waals surface area contributed by atoms with Gasteiger partial charge in [0.25, 0.3) is 0 Å². The third kappa shape index (κ3) is 5.79. The van der Waals surface area contributed by atoms with Crippen molar-refractivity contribution in [3.8, 4) is 0 Å². The van der Waals surface area contributed by atoms with E-state index in [9.17, 15) is 9.59 Å². The summed E-state index contributed by atoms with van der Waals surface area (Å²) in [7, 11) is 0. The zero-order valence-electron chi connectivity index (χ0n) is 16.6. The van der Waals surface area contributed by atoms with Gasteiger partial charge in [0.15, 0.2) is 0 Å². The summed E-state index contributed by atoms with van der Waals surface area (Å²) in [5, 5.41) is 9.37. The standard InChI is InChI=1S/C22H26ClN3O4/c23-18-8-6-17(7-9-18)21(16-4-2-1-3-5-16)26-11-10-25(19(14-26)22(24)29)12-13-30-15-20(27)28/h1-9,19,21H,10-15H2,(H2,24,29)(H,27,28)/t19-,21-/m1/s1. The van der Waals surface area contributed by atoms with Gasteiger partial charge in [-0.05, 0) is 23.3 Å². The molecule has 0 radical (unpaired) electrons. The van der Waals surface area contributed by atoms with Crippen LogP contribution in [0, 0.1) is 0 Å². The number of aliphatic carboxylic acids is 1. The Morgan fingerprint density at radius 3 is 2.40 bits per heavy atom. The van der Waals surface area contributed by atoms with E-state index < -0.39 is 17.9 Å². The van der Waals surface area contributed by atoms with Crippen LogP contribution in [0.2, 0.25) is 5.02 Å². The molecule has 0 unspecified atom stereocenters. The van der Waals surface area contributed by atoms with E-state index >= 15 is 0 Å². The Balaban J connectivity index is 1.77. The fraction of sp³-hybridized carbons (Fsp3) is 0.364. The number of amides is 1. The molecular formula is C22H26ClN3O4. The van der Waals surface area contributed by atoms with Crippen molar-refractivity contribution in [2.75, 3.05) is 39.4 Å². The van der Waals surface area contributed by atoms with Crippen molar-refractivity contribution in [3.05, 3.63) is 70.7 Å². The molecule has 2 atom stereocenters. The molecule has 0 saturated carbocycles. The zero-order valence-corrected chi connectivity index (χ0v) is 17.4. The lowest BCUT2D eigenvalue weighted by Gasteiger charge is -2.43. The van der Waals surface area contributed by atoms with E-state index in [1.54, 1.807) is 0 Å². The predicted octanol–water partition coefficient (Wildman–Crippen LogP) is 2.00. The summed E-state index contributed by atoms with van der Waals surface area (Å²) in [6.45, 7) is 2.15. The van der Waals surface area contributed by atoms with Crippen molar-refractivity contribution in [2.45, 2.75) is 12.1 Å². The minimum absolute atomic E-state index is 0.0317. The number of primary amides is 1. The molecule has 30 heavy (non-hydrogen) atoms. The topological polar surface area (TPSA) is 96.1 Å². The number of hydrogen-bond acceptors (Lipinski definition) is 5.